The minimum absolute atomic E-state index is 0.115. The van der Waals surface area contributed by atoms with E-state index in [9.17, 15) is 8.78 Å². The lowest BCUT2D eigenvalue weighted by molar-refractivity contribution is -0.937. The lowest BCUT2D eigenvalue weighted by atomic mass is 10.0. The third-order valence-electron chi connectivity index (χ3n) is 4.80. The summed E-state index contributed by atoms with van der Waals surface area (Å²) in [5, 5.41) is 6.66. The normalized spacial score (nSPS) is 16.0. The summed E-state index contributed by atoms with van der Waals surface area (Å²) >= 11 is 5.36. The van der Waals surface area contributed by atoms with E-state index in [1.807, 2.05) is 12.1 Å². The van der Waals surface area contributed by atoms with Crippen LogP contribution >= 0.6 is 12.2 Å². The van der Waals surface area contributed by atoms with Crippen LogP contribution in [-0.2, 0) is 4.74 Å². The minimum Gasteiger partial charge on any atom is -0.370 e. The molecule has 4 nitrogen and oxygen atoms in total. The van der Waals surface area contributed by atoms with Crippen molar-refractivity contribution in [2.24, 2.45) is 0 Å². The molecule has 1 saturated heterocycles. The molecule has 144 valence electrons. The molecular formula is C20H24F2N3OS+. The van der Waals surface area contributed by atoms with E-state index in [0.717, 1.165) is 18.7 Å². The van der Waals surface area contributed by atoms with Gasteiger partial charge in [0.2, 0.25) is 0 Å². The van der Waals surface area contributed by atoms with Crippen LogP contribution in [0.1, 0.15) is 17.2 Å². The second kappa shape index (κ2) is 9.21. The number of hydrogen-bond donors (Lipinski definition) is 3. The van der Waals surface area contributed by atoms with Gasteiger partial charge in [0.15, 0.2) is 5.11 Å². The Kier molecular flexibility index (Phi) is 6.71. The molecule has 3 N–H and O–H groups in total. The molecule has 0 radical (unpaired) electrons. The average Bonchev–Trinajstić information content (AvgIpc) is 2.67. The van der Waals surface area contributed by atoms with Crippen LogP contribution in [0, 0.1) is 18.6 Å². The van der Waals surface area contributed by atoms with E-state index in [4.69, 9.17) is 17.0 Å². The quantitative estimate of drug-likeness (QED) is 0.683. The molecule has 2 aromatic carbocycles. The Morgan fingerprint density at radius 3 is 2.52 bits per heavy atom. The number of halogens is 2. The van der Waals surface area contributed by atoms with E-state index in [0.29, 0.717) is 36.1 Å². The summed E-state index contributed by atoms with van der Waals surface area (Å²) in [6, 6.07) is 11.6. The molecule has 0 unspecified atom stereocenters. The summed E-state index contributed by atoms with van der Waals surface area (Å²) in [5.41, 5.74) is 2.24. The van der Waals surface area contributed by atoms with Crippen molar-refractivity contribution in [3.8, 4) is 0 Å². The Hall–Kier alpha value is -2.09. The Morgan fingerprint density at radius 2 is 1.85 bits per heavy atom. The molecule has 2 aromatic rings. The predicted molar refractivity (Wildman–Crippen MR) is 106 cm³/mol. The van der Waals surface area contributed by atoms with Gasteiger partial charge in [0.1, 0.15) is 30.8 Å². The van der Waals surface area contributed by atoms with Gasteiger partial charge in [-0.3, -0.25) is 0 Å². The number of thiocarbonyl (C=S) groups is 1. The number of ether oxygens (including phenoxy) is 1. The van der Waals surface area contributed by atoms with Crippen LogP contribution in [0.3, 0.4) is 0 Å². The van der Waals surface area contributed by atoms with Crippen molar-refractivity contribution in [1.29, 1.82) is 0 Å². The molecule has 0 bridgehead atoms. The van der Waals surface area contributed by atoms with Crippen LogP contribution in [0.4, 0.5) is 14.5 Å². The summed E-state index contributed by atoms with van der Waals surface area (Å²) in [4.78, 5) is 1.37. The molecule has 1 aliphatic heterocycles. The second-order valence-corrected chi connectivity index (χ2v) is 7.08. The molecule has 0 saturated carbocycles. The third-order valence-corrected chi connectivity index (χ3v) is 5.04. The van der Waals surface area contributed by atoms with Crippen molar-refractivity contribution >= 4 is 23.0 Å². The molecular weight excluding hydrogens is 368 g/mol. The van der Waals surface area contributed by atoms with Crippen molar-refractivity contribution in [3.05, 3.63) is 65.2 Å². The molecule has 1 fully saturated rings. The number of anilines is 1. The van der Waals surface area contributed by atoms with Gasteiger partial charge >= 0.3 is 0 Å². The van der Waals surface area contributed by atoms with E-state index in [1.165, 1.54) is 23.1 Å². The highest BCUT2D eigenvalue weighted by Gasteiger charge is 2.26. The van der Waals surface area contributed by atoms with Gasteiger partial charge in [0.25, 0.3) is 0 Å². The van der Waals surface area contributed by atoms with Crippen LogP contribution < -0.4 is 15.5 Å². The monoisotopic (exact) mass is 392 g/mol. The Balaban J connectivity index is 1.65. The smallest absolute Gasteiger partial charge is 0.171 e. The van der Waals surface area contributed by atoms with Gasteiger partial charge in [0.05, 0.1) is 19.8 Å². The first-order chi connectivity index (χ1) is 13.0. The van der Waals surface area contributed by atoms with Crippen LogP contribution in [-0.4, -0.2) is 38.0 Å². The lowest BCUT2D eigenvalue weighted by Crippen LogP contribution is -3.15. The van der Waals surface area contributed by atoms with Crippen molar-refractivity contribution in [3.63, 3.8) is 0 Å². The lowest BCUT2D eigenvalue weighted by Gasteiger charge is -2.32. The molecule has 1 aliphatic rings. The molecule has 0 aliphatic carbocycles. The highest BCUT2D eigenvalue weighted by atomic mass is 32.1. The summed E-state index contributed by atoms with van der Waals surface area (Å²) in [6.45, 7) is 5.48. The van der Waals surface area contributed by atoms with Crippen molar-refractivity contribution in [2.75, 3.05) is 38.2 Å². The molecule has 1 heterocycles. The fourth-order valence-corrected chi connectivity index (χ4v) is 3.42. The fourth-order valence-electron chi connectivity index (χ4n) is 3.22. The van der Waals surface area contributed by atoms with E-state index in [1.54, 1.807) is 19.1 Å². The zero-order valence-corrected chi connectivity index (χ0v) is 16.0. The molecule has 0 amide bonds. The summed E-state index contributed by atoms with van der Waals surface area (Å²) in [7, 11) is 0. The van der Waals surface area contributed by atoms with E-state index >= 15 is 0 Å². The van der Waals surface area contributed by atoms with Gasteiger partial charge < -0.3 is 20.3 Å². The standard InChI is InChI=1S/C20H23F2N3OS/c1-14-2-7-17(12-18(14)22)24-20(27)23-13-19(25-8-10-26-11-9-25)15-3-5-16(21)6-4-15/h2-7,12,19H,8-11,13H2,1H3,(H2,23,24,27)/p+1/t19-/m0/s1. The van der Waals surface area contributed by atoms with Crippen LogP contribution in [0.5, 0.6) is 0 Å². The maximum absolute atomic E-state index is 13.7. The Morgan fingerprint density at radius 1 is 1.15 bits per heavy atom. The number of benzene rings is 2. The largest absolute Gasteiger partial charge is 0.370 e. The first-order valence-corrected chi connectivity index (χ1v) is 9.42. The number of nitrogens with one attached hydrogen (secondary N) is 3. The van der Waals surface area contributed by atoms with Crippen LogP contribution in [0.2, 0.25) is 0 Å². The Bertz CT molecular complexity index is 779. The highest BCUT2D eigenvalue weighted by molar-refractivity contribution is 7.80. The predicted octanol–water partition coefficient (Wildman–Crippen LogP) is 2.22. The SMILES string of the molecule is Cc1ccc(NC(=S)NC[C@@H](c2ccc(F)cc2)[NH+]2CCOCC2)cc1F. The number of hydrogen-bond acceptors (Lipinski definition) is 2. The topological polar surface area (TPSA) is 37.7 Å². The number of rotatable bonds is 5. The fraction of sp³-hybridized carbons (Fsp3) is 0.350. The van der Waals surface area contributed by atoms with Gasteiger partial charge in [-0.2, -0.15) is 0 Å². The van der Waals surface area contributed by atoms with Crippen LogP contribution in [0.15, 0.2) is 42.5 Å². The first kappa shape index (κ1) is 19.7. The van der Waals surface area contributed by atoms with E-state index < -0.39 is 0 Å². The summed E-state index contributed by atoms with van der Waals surface area (Å²) in [6.07, 6.45) is 0. The van der Waals surface area contributed by atoms with Crippen molar-refractivity contribution in [1.82, 2.24) is 5.32 Å². The molecule has 1 atom stereocenters. The molecule has 0 aromatic heterocycles. The number of quaternary nitrogens is 1. The number of morpholine rings is 1. The number of aryl methyl sites for hydroxylation is 1. The zero-order valence-electron chi connectivity index (χ0n) is 15.2. The maximum Gasteiger partial charge on any atom is 0.171 e. The summed E-state index contributed by atoms with van der Waals surface area (Å²) < 4.78 is 32.5. The Labute approximate surface area is 163 Å². The van der Waals surface area contributed by atoms with Gasteiger partial charge in [-0.15, -0.1) is 0 Å². The second-order valence-electron chi connectivity index (χ2n) is 6.67. The van der Waals surface area contributed by atoms with Gasteiger partial charge in [-0.05, 0) is 49.0 Å². The van der Waals surface area contributed by atoms with Gasteiger partial charge in [-0.1, -0.05) is 18.2 Å². The zero-order chi connectivity index (χ0) is 19.2. The molecule has 3 rings (SSSR count). The minimum atomic E-state index is -0.273. The first-order valence-electron chi connectivity index (χ1n) is 9.02. The molecule has 0 spiro atoms. The van der Waals surface area contributed by atoms with E-state index in [2.05, 4.69) is 10.6 Å². The van der Waals surface area contributed by atoms with Crippen LogP contribution in [0.25, 0.3) is 0 Å². The third kappa shape index (κ3) is 5.45. The summed E-state index contributed by atoms with van der Waals surface area (Å²) in [5.74, 6) is -0.522. The van der Waals surface area contributed by atoms with Crippen molar-refractivity contribution < 1.29 is 18.4 Å². The highest BCUT2D eigenvalue weighted by Crippen LogP contribution is 2.14. The van der Waals surface area contributed by atoms with Gasteiger partial charge in [0, 0.05) is 11.3 Å². The molecule has 27 heavy (non-hydrogen) atoms. The van der Waals surface area contributed by atoms with Gasteiger partial charge in [-0.25, -0.2) is 8.78 Å². The van der Waals surface area contributed by atoms with Crippen molar-refractivity contribution in [2.45, 2.75) is 13.0 Å². The average molecular weight is 392 g/mol. The molecule has 7 heteroatoms. The maximum atomic E-state index is 13.7. The van der Waals surface area contributed by atoms with E-state index in [-0.39, 0.29) is 17.7 Å².